The van der Waals surface area contributed by atoms with Crippen LogP contribution in [0.5, 0.6) is 0 Å². The second-order valence-corrected chi connectivity index (χ2v) is 7.01. The zero-order chi connectivity index (χ0) is 14.5. The number of ether oxygens (including phenoxy) is 2. The minimum absolute atomic E-state index is 0.0393. The van der Waals surface area contributed by atoms with E-state index in [9.17, 15) is 14.7 Å². The smallest absolute Gasteiger partial charge is 0.191 e. The van der Waals surface area contributed by atoms with Gasteiger partial charge < -0.3 is 19.4 Å². The Balaban J connectivity index is 1.81. The van der Waals surface area contributed by atoms with Crippen LogP contribution < -0.4 is 0 Å². The van der Waals surface area contributed by atoms with E-state index < -0.39 is 17.3 Å². The van der Waals surface area contributed by atoms with Crippen LogP contribution in [0.2, 0.25) is 0 Å². The number of hydrogen-bond acceptors (Lipinski definition) is 5. The molecule has 7 unspecified atom stereocenters. The van der Waals surface area contributed by atoms with Gasteiger partial charge in [0.05, 0.1) is 6.10 Å². The maximum Gasteiger partial charge on any atom is 0.191 e. The number of aldehydes is 1. The van der Waals surface area contributed by atoms with Gasteiger partial charge in [-0.25, -0.2) is 0 Å². The van der Waals surface area contributed by atoms with E-state index in [1.165, 1.54) is 0 Å². The third-order valence-corrected chi connectivity index (χ3v) is 6.02. The maximum atomic E-state index is 12.4. The first kappa shape index (κ1) is 12.7. The zero-order valence-corrected chi connectivity index (χ0v) is 11.8. The van der Waals surface area contributed by atoms with Crippen LogP contribution in [0.3, 0.4) is 0 Å². The average Bonchev–Trinajstić information content (AvgIpc) is 3.28. The molecule has 0 radical (unpaired) electrons. The molecule has 2 aliphatic heterocycles. The van der Waals surface area contributed by atoms with E-state index in [0.29, 0.717) is 12.7 Å². The van der Waals surface area contributed by atoms with Crippen LogP contribution in [-0.4, -0.2) is 46.7 Å². The van der Waals surface area contributed by atoms with Gasteiger partial charge in [-0.05, 0) is 36.3 Å². The molecule has 1 spiro atoms. The number of carbonyl (C=O) groups is 2. The van der Waals surface area contributed by atoms with Crippen LogP contribution >= 0.6 is 0 Å². The van der Waals surface area contributed by atoms with Gasteiger partial charge in [-0.3, -0.25) is 4.79 Å². The van der Waals surface area contributed by atoms with E-state index in [1.54, 1.807) is 13.0 Å². The van der Waals surface area contributed by atoms with Crippen molar-refractivity contribution in [3.8, 4) is 0 Å². The molecule has 4 aliphatic rings. The molecule has 0 aromatic carbocycles. The molecule has 2 heterocycles. The summed E-state index contributed by atoms with van der Waals surface area (Å²) in [7, 11) is 0. The van der Waals surface area contributed by atoms with Crippen molar-refractivity contribution in [2.45, 2.75) is 56.7 Å². The van der Waals surface area contributed by atoms with Gasteiger partial charge in [0.1, 0.15) is 12.2 Å². The van der Waals surface area contributed by atoms with Crippen molar-refractivity contribution in [1.29, 1.82) is 0 Å². The summed E-state index contributed by atoms with van der Waals surface area (Å²) in [6, 6.07) is 0. The topological polar surface area (TPSA) is 79.4 Å². The third-order valence-electron chi connectivity index (χ3n) is 6.02. The first-order valence-corrected chi connectivity index (χ1v) is 7.06. The molecule has 1 N–H and O–H groups in total. The first-order valence-electron chi connectivity index (χ1n) is 7.06. The van der Waals surface area contributed by atoms with Gasteiger partial charge in [-0.2, -0.15) is 0 Å². The van der Waals surface area contributed by atoms with Crippen LogP contribution in [0, 0.1) is 11.3 Å². The molecule has 0 aromatic heterocycles. The Kier molecular flexibility index (Phi) is 2.05. The first-order chi connectivity index (χ1) is 9.29. The van der Waals surface area contributed by atoms with Gasteiger partial charge in [-0.15, -0.1) is 0 Å². The lowest BCUT2D eigenvalue weighted by molar-refractivity contribution is -0.123. The SMILES string of the molecule is CC1C(O)C2OC2C2=CC(=O)C3(CC21C)OC3(C)C=O. The van der Waals surface area contributed by atoms with Gasteiger partial charge in [0.15, 0.2) is 23.3 Å². The Morgan fingerprint density at radius 3 is 2.75 bits per heavy atom. The molecular formula is C15H18O5. The molecule has 0 amide bonds. The fourth-order valence-electron chi connectivity index (χ4n) is 4.22. The fraction of sp³-hybridized carbons (Fsp3) is 0.733. The van der Waals surface area contributed by atoms with E-state index in [2.05, 4.69) is 0 Å². The second kappa shape index (κ2) is 3.24. The normalized spacial score (nSPS) is 59.6. The highest BCUT2D eigenvalue weighted by Gasteiger charge is 2.77. The van der Waals surface area contributed by atoms with Crippen molar-refractivity contribution in [2.24, 2.45) is 11.3 Å². The van der Waals surface area contributed by atoms with Crippen molar-refractivity contribution < 1.29 is 24.2 Å². The molecule has 7 atom stereocenters. The van der Waals surface area contributed by atoms with Gasteiger partial charge in [0.25, 0.3) is 0 Å². The molecule has 0 bridgehead atoms. The molecule has 3 fully saturated rings. The summed E-state index contributed by atoms with van der Waals surface area (Å²) in [5.74, 6) is -0.181. The number of epoxide rings is 2. The van der Waals surface area contributed by atoms with Crippen molar-refractivity contribution >= 4 is 12.1 Å². The molecular weight excluding hydrogens is 260 g/mol. The molecule has 5 heteroatoms. The molecule has 5 nitrogen and oxygen atoms in total. The number of fused-ring (bicyclic) bond motifs is 3. The average molecular weight is 278 g/mol. The summed E-state index contributed by atoms with van der Waals surface area (Å²) in [4.78, 5) is 23.6. The third kappa shape index (κ3) is 1.16. The quantitative estimate of drug-likeness (QED) is 0.554. The Labute approximate surface area is 116 Å². The Bertz CT molecular complexity index is 569. The lowest BCUT2D eigenvalue weighted by atomic mass is 9.56. The number of ketones is 1. The van der Waals surface area contributed by atoms with Crippen LogP contribution in [0.1, 0.15) is 27.2 Å². The largest absolute Gasteiger partial charge is 0.390 e. The van der Waals surface area contributed by atoms with E-state index >= 15 is 0 Å². The van der Waals surface area contributed by atoms with Crippen molar-refractivity contribution in [2.75, 3.05) is 0 Å². The van der Waals surface area contributed by atoms with Crippen molar-refractivity contribution in [3.63, 3.8) is 0 Å². The van der Waals surface area contributed by atoms with Gasteiger partial charge in [0.2, 0.25) is 0 Å². The number of aliphatic hydroxyl groups excluding tert-OH is 1. The highest BCUT2D eigenvalue weighted by molar-refractivity contribution is 6.06. The van der Waals surface area contributed by atoms with Gasteiger partial charge >= 0.3 is 0 Å². The second-order valence-electron chi connectivity index (χ2n) is 7.01. The minimum Gasteiger partial charge on any atom is -0.390 e. The van der Waals surface area contributed by atoms with Gasteiger partial charge in [0, 0.05) is 0 Å². The minimum atomic E-state index is -1.04. The number of aliphatic hydroxyl groups is 1. The van der Waals surface area contributed by atoms with E-state index in [0.717, 1.165) is 5.57 Å². The Hall–Kier alpha value is -1.04. The lowest BCUT2D eigenvalue weighted by Gasteiger charge is -2.46. The number of hydrogen-bond donors (Lipinski definition) is 1. The standard InChI is InChI=1S/C15H18O5/c1-7-10(18)12-11(19-12)8-4-9(17)15(5-13(7,8)2)14(3,6-16)20-15/h4,6-7,10-12,18H,5H2,1-3H3. The van der Waals surface area contributed by atoms with Crippen LogP contribution in [0.15, 0.2) is 11.6 Å². The van der Waals surface area contributed by atoms with Crippen LogP contribution in [0.25, 0.3) is 0 Å². The van der Waals surface area contributed by atoms with E-state index in [4.69, 9.17) is 9.47 Å². The van der Waals surface area contributed by atoms with E-state index in [-0.39, 0.29) is 29.3 Å². The van der Waals surface area contributed by atoms with Crippen molar-refractivity contribution in [1.82, 2.24) is 0 Å². The highest BCUT2D eigenvalue weighted by Crippen LogP contribution is 2.64. The highest BCUT2D eigenvalue weighted by atomic mass is 16.6. The predicted octanol–water partition coefficient (Wildman–Crippen LogP) is 0.396. The predicted molar refractivity (Wildman–Crippen MR) is 67.9 cm³/mol. The Morgan fingerprint density at radius 2 is 2.15 bits per heavy atom. The van der Waals surface area contributed by atoms with Crippen molar-refractivity contribution in [3.05, 3.63) is 11.6 Å². The summed E-state index contributed by atoms with van der Waals surface area (Å²) in [5, 5.41) is 10.3. The molecule has 0 aromatic rings. The van der Waals surface area contributed by atoms with Gasteiger partial charge in [-0.1, -0.05) is 13.8 Å². The molecule has 20 heavy (non-hydrogen) atoms. The summed E-state index contributed by atoms with van der Waals surface area (Å²) < 4.78 is 11.1. The molecule has 2 aliphatic carbocycles. The molecule has 1 saturated carbocycles. The monoisotopic (exact) mass is 278 g/mol. The molecule has 4 rings (SSSR count). The maximum absolute atomic E-state index is 12.4. The van der Waals surface area contributed by atoms with E-state index in [1.807, 2.05) is 13.8 Å². The zero-order valence-electron chi connectivity index (χ0n) is 11.8. The Morgan fingerprint density at radius 1 is 1.45 bits per heavy atom. The number of rotatable bonds is 1. The molecule has 2 saturated heterocycles. The number of carbonyl (C=O) groups excluding carboxylic acids is 2. The fourth-order valence-corrected chi connectivity index (χ4v) is 4.22. The summed E-state index contributed by atoms with van der Waals surface area (Å²) >= 11 is 0. The molecule has 108 valence electrons. The summed E-state index contributed by atoms with van der Waals surface area (Å²) in [6.45, 7) is 5.66. The van der Waals surface area contributed by atoms with Crippen LogP contribution in [0.4, 0.5) is 0 Å². The lowest BCUT2D eigenvalue weighted by Crippen LogP contribution is -2.52. The summed E-state index contributed by atoms with van der Waals surface area (Å²) in [6.07, 6.45) is 1.90. The van der Waals surface area contributed by atoms with Crippen LogP contribution in [-0.2, 0) is 19.1 Å². The summed E-state index contributed by atoms with van der Waals surface area (Å²) in [5.41, 5.74) is -1.48.